The molecule has 0 aliphatic carbocycles. The molecule has 42 heavy (non-hydrogen) atoms. The standard InChI is InChI=1S/C21H21O4P.C14H28O2/c1-16-4-10-19(11-5-16)23-26(22,24-20-12-6-17(2)7-13-20)25-21-14-8-18(3)9-15-21;1-2-3-4-5-6-7-8-9-10-11-12-13-14(15)16/h4-15H,1-3H3;2-13H2,1H3,(H,15,16). The summed E-state index contributed by atoms with van der Waals surface area (Å²) >= 11 is 0. The Morgan fingerprint density at radius 1 is 0.548 bits per heavy atom. The molecule has 7 heteroatoms. The van der Waals surface area contributed by atoms with Gasteiger partial charge in [-0.15, -0.1) is 0 Å². The topological polar surface area (TPSA) is 82.1 Å². The Kier molecular flexibility index (Phi) is 16.5. The maximum absolute atomic E-state index is 13.3. The first-order valence-corrected chi connectivity index (χ1v) is 16.8. The van der Waals surface area contributed by atoms with E-state index in [1.165, 1.54) is 57.8 Å². The second-order valence-corrected chi connectivity index (χ2v) is 12.3. The van der Waals surface area contributed by atoms with E-state index in [1.807, 2.05) is 57.2 Å². The van der Waals surface area contributed by atoms with Gasteiger partial charge >= 0.3 is 13.8 Å². The van der Waals surface area contributed by atoms with E-state index in [0.717, 1.165) is 29.5 Å². The summed E-state index contributed by atoms with van der Waals surface area (Å²) in [6.45, 7) is 8.15. The summed E-state index contributed by atoms with van der Waals surface area (Å²) in [6, 6.07) is 21.6. The average molecular weight is 597 g/mol. The first kappa shape index (κ1) is 35.0. The number of aliphatic carboxylic acids is 1. The molecule has 0 atom stereocenters. The molecule has 0 saturated heterocycles. The van der Waals surface area contributed by atoms with E-state index in [0.29, 0.717) is 23.7 Å². The predicted molar refractivity (Wildman–Crippen MR) is 172 cm³/mol. The number of benzene rings is 3. The first-order valence-electron chi connectivity index (χ1n) is 15.3. The van der Waals surface area contributed by atoms with Crippen molar-refractivity contribution in [3.05, 3.63) is 89.5 Å². The van der Waals surface area contributed by atoms with Gasteiger partial charge in [-0.3, -0.25) is 4.79 Å². The third kappa shape index (κ3) is 15.7. The molecule has 1 N–H and O–H groups in total. The fraction of sp³-hybridized carbons (Fsp3) is 0.457. The monoisotopic (exact) mass is 596 g/mol. The first-order chi connectivity index (χ1) is 20.2. The minimum atomic E-state index is -3.93. The maximum atomic E-state index is 13.3. The van der Waals surface area contributed by atoms with Crippen LogP contribution < -0.4 is 13.6 Å². The number of unbranched alkanes of at least 4 members (excludes halogenated alkanes) is 10. The zero-order chi connectivity index (χ0) is 30.6. The lowest BCUT2D eigenvalue weighted by Crippen LogP contribution is -2.07. The maximum Gasteiger partial charge on any atom is 0.647 e. The quantitative estimate of drug-likeness (QED) is 0.116. The lowest BCUT2D eigenvalue weighted by molar-refractivity contribution is -0.137. The van der Waals surface area contributed by atoms with Crippen LogP contribution in [0.1, 0.15) is 101 Å². The Morgan fingerprint density at radius 2 is 0.833 bits per heavy atom. The summed E-state index contributed by atoms with van der Waals surface area (Å²) in [5, 5.41) is 8.46. The van der Waals surface area contributed by atoms with Crippen LogP contribution >= 0.6 is 7.82 Å². The molecule has 3 aromatic carbocycles. The molecule has 230 valence electrons. The van der Waals surface area contributed by atoms with E-state index < -0.39 is 13.8 Å². The summed E-state index contributed by atoms with van der Waals surface area (Å²) in [6.07, 6.45) is 14.4. The van der Waals surface area contributed by atoms with E-state index in [9.17, 15) is 9.36 Å². The van der Waals surface area contributed by atoms with Crippen LogP contribution in [0.3, 0.4) is 0 Å². The Morgan fingerprint density at radius 3 is 1.12 bits per heavy atom. The van der Waals surface area contributed by atoms with Crippen LogP contribution in [0, 0.1) is 20.8 Å². The van der Waals surface area contributed by atoms with Crippen molar-refractivity contribution in [2.75, 3.05) is 0 Å². The molecule has 0 aliphatic rings. The Labute approximate surface area is 253 Å². The van der Waals surface area contributed by atoms with Crippen LogP contribution in [-0.4, -0.2) is 11.1 Å². The van der Waals surface area contributed by atoms with Crippen molar-refractivity contribution in [1.82, 2.24) is 0 Å². The smallest absolute Gasteiger partial charge is 0.481 e. The number of phosphoric acid groups is 1. The van der Waals surface area contributed by atoms with Gasteiger partial charge in [0.05, 0.1) is 0 Å². The van der Waals surface area contributed by atoms with Gasteiger partial charge in [0, 0.05) is 6.42 Å². The van der Waals surface area contributed by atoms with E-state index >= 15 is 0 Å². The van der Waals surface area contributed by atoms with Gasteiger partial charge in [0.15, 0.2) is 0 Å². The number of phosphoric ester groups is 1. The number of hydrogen-bond donors (Lipinski definition) is 1. The Bertz CT molecular complexity index is 1070. The molecule has 6 nitrogen and oxygen atoms in total. The lowest BCUT2D eigenvalue weighted by atomic mass is 10.1. The second-order valence-electron chi connectivity index (χ2n) is 10.8. The number of carboxylic acid groups (broad SMARTS) is 1. The summed E-state index contributed by atoms with van der Waals surface area (Å²) < 4.78 is 30.2. The summed E-state index contributed by atoms with van der Waals surface area (Å²) in [5.74, 6) is 0.588. The highest BCUT2D eigenvalue weighted by molar-refractivity contribution is 7.49. The van der Waals surface area contributed by atoms with Crippen molar-refractivity contribution in [3.8, 4) is 17.2 Å². The largest absolute Gasteiger partial charge is 0.647 e. The molecular weight excluding hydrogens is 547 g/mol. The SMILES string of the molecule is CCCCCCCCCCCCCC(=O)O.Cc1ccc(OP(=O)(Oc2ccc(C)cc2)Oc2ccc(C)cc2)cc1. The van der Waals surface area contributed by atoms with Crippen LogP contribution in [0.15, 0.2) is 72.8 Å². The minimum absolute atomic E-state index is 0.344. The summed E-state index contributed by atoms with van der Waals surface area (Å²) in [7, 11) is -3.93. The predicted octanol–water partition coefficient (Wildman–Crippen LogP) is 11.0. The molecule has 0 saturated carbocycles. The van der Waals surface area contributed by atoms with Crippen LogP contribution in [0.2, 0.25) is 0 Å². The van der Waals surface area contributed by atoms with Gasteiger partial charge in [-0.25, -0.2) is 0 Å². The number of carboxylic acids is 1. The van der Waals surface area contributed by atoms with Crippen LogP contribution in [0.4, 0.5) is 0 Å². The van der Waals surface area contributed by atoms with Gasteiger partial charge in [-0.2, -0.15) is 4.57 Å². The van der Waals surface area contributed by atoms with E-state index in [2.05, 4.69) is 6.92 Å². The molecule has 3 aromatic rings. The molecule has 0 bridgehead atoms. The van der Waals surface area contributed by atoms with Crippen molar-refractivity contribution in [2.45, 2.75) is 105 Å². The fourth-order valence-corrected chi connectivity index (χ4v) is 5.43. The van der Waals surface area contributed by atoms with E-state index in [1.54, 1.807) is 36.4 Å². The second kappa shape index (κ2) is 19.8. The number of hydrogen-bond acceptors (Lipinski definition) is 5. The zero-order valence-electron chi connectivity index (χ0n) is 25.8. The number of aryl methyl sites for hydroxylation is 3. The molecule has 0 radical (unpaired) electrons. The van der Waals surface area contributed by atoms with Gasteiger partial charge in [-0.05, 0) is 63.6 Å². The van der Waals surface area contributed by atoms with Gasteiger partial charge in [-0.1, -0.05) is 124 Å². The van der Waals surface area contributed by atoms with E-state index in [4.69, 9.17) is 18.7 Å². The van der Waals surface area contributed by atoms with Gasteiger partial charge in [0.25, 0.3) is 0 Å². The molecule has 0 unspecified atom stereocenters. The summed E-state index contributed by atoms with van der Waals surface area (Å²) in [4.78, 5) is 10.3. The van der Waals surface area contributed by atoms with Crippen molar-refractivity contribution in [3.63, 3.8) is 0 Å². The van der Waals surface area contributed by atoms with Crippen molar-refractivity contribution in [2.24, 2.45) is 0 Å². The highest BCUT2D eigenvalue weighted by Gasteiger charge is 2.33. The Hall–Kier alpha value is -3.24. The molecule has 0 aliphatic heterocycles. The molecular formula is C35H49O6P. The molecule has 0 spiro atoms. The van der Waals surface area contributed by atoms with Crippen molar-refractivity contribution >= 4 is 13.8 Å². The third-order valence-electron chi connectivity index (χ3n) is 6.71. The molecule has 0 aromatic heterocycles. The van der Waals surface area contributed by atoms with E-state index in [-0.39, 0.29) is 0 Å². The molecule has 0 amide bonds. The lowest BCUT2D eigenvalue weighted by Gasteiger charge is -2.19. The molecule has 3 rings (SSSR count). The third-order valence-corrected chi connectivity index (χ3v) is 8.01. The Balaban J connectivity index is 0.000000334. The molecule has 0 fully saturated rings. The number of carbonyl (C=O) groups is 1. The van der Waals surface area contributed by atoms with Crippen molar-refractivity contribution < 1.29 is 28.0 Å². The average Bonchev–Trinajstić information content (AvgIpc) is 2.96. The highest BCUT2D eigenvalue weighted by Crippen LogP contribution is 2.49. The minimum Gasteiger partial charge on any atom is -0.481 e. The highest BCUT2D eigenvalue weighted by atomic mass is 31.2. The fourth-order valence-electron chi connectivity index (χ4n) is 4.18. The van der Waals surface area contributed by atoms with Gasteiger partial charge in [0.1, 0.15) is 17.2 Å². The summed E-state index contributed by atoms with van der Waals surface area (Å²) in [5.41, 5.74) is 3.23. The van der Waals surface area contributed by atoms with Crippen LogP contribution in [0.25, 0.3) is 0 Å². The van der Waals surface area contributed by atoms with Gasteiger partial charge < -0.3 is 18.7 Å². The number of rotatable bonds is 18. The molecule has 0 heterocycles. The van der Waals surface area contributed by atoms with Crippen LogP contribution in [0.5, 0.6) is 17.2 Å². The van der Waals surface area contributed by atoms with Crippen molar-refractivity contribution in [1.29, 1.82) is 0 Å². The zero-order valence-corrected chi connectivity index (χ0v) is 26.7. The normalized spacial score (nSPS) is 10.9. The van der Waals surface area contributed by atoms with Crippen LogP contribution in [-0.2, 0) is 9.36 Å². The van der Waals surface area contributed by atoms with Gasteiger partial charge in [0.2, 0.25) is 0 Å².